The Morgan fingerprint density at radius 2 is 1.74 bits per heavy atom. The van der Waals surface area contributed by atoms with Crippen molar-refractivity contribution in [1.29, 1.82) is 5.26 Å². The summed E-state index contributed by atoms with van der Waals surface area (Å²) in [5.41, 5.74) is 3.39. The number of hydrogen-bond donors (Lipinski definition) is 4. The van der Waals surface area contributed by atoms with E-state index in [-0.39, 0.29) is 68.4 Å². The number of carboxylic acid groups (broad SMARTS) is 1. The molecule has 9 nitrogen and oxygen atoms in total. The Morgan fingerprint density at radius 3 is 2.31 bits per heavy atom. The van der Waals surface area contributed by atoms with Crippen molar-refractivity contribution in [3.05, 3.63) is 82.4 Å². The number of carboxylic acids is 1. The van der Waals surface area contributed by atoms with Gasteiger partial charge in [0.2, 0.25) is 0 Å². The van der Waals surface area contributed by atoms with E-state index in [4.69, 9.17) is 10.4 Å². The van der Waals surface area contributed by atoms with Crippen molar-refractivity contribution in [3.63, 3.8) is 0 Å². The molecule has 2 atom stereocenters. The van der Waals surface area contributed by atoms with Crippen LogP contribution >= 0.6 is 0 Å². The Labute approximate surface area is 250 Å². The molecule has 0 saturated heterocycles. The van der Waals surface area contributed by atoms with Crippen LogP contribution in [0.4, 0.5) is 4.39 Å². The fourth-order valence-electron chi connectivity index (χ4n) is 4.26. The van der Waals surface area contributed by atoms with Gasteiger partial charge in [0.25, 0.3) is 5.91 Å². The molecule has 11 heteroatoms. The number of benzene rings is 2. The third-order valence-corrected chi connectivity index (χ3v) is 6.09. The van der Waals surface area contributed by atoms with Gasteiger partial charge in [0.1, 0.15) is 5.82 Å². The Hall–Kier alpha value is -3.07. The fraction of sp³-hybridized carbons (Fsp3) is 0.357. The Bertz CT molecular complexity index is 1310. The summed E-state index contributed by atoms with van der Waals surface area (Å²) in [5.74, 6) is -2.10. The standard InChI is InChI=1S/C28H31FN4O5.Na.H/c1-17(2)26-24(12-11-22(34)13-23(35)14-25(36)37)33(21-9-7-20(29)8-10-21)32-27(26)28(38)31-16-19-5-3-18(15-30)4-6-19;;/h3-10,17,22-23,34-35H,11-14,16H2,1-2H3,(H,31,38)(H,36,37);;/q;+1;-1/t22-,23-;;/m1../s1. The second-order valence-corrected chi connectivity index (χ2v) is 9.42. The molecule has 202 valence electrons. The van der Waals surface area contributed by atoms with Crippen LogP contribution in [-0.4, -0.2) is 49.2 Å². The van der Waals surface area contributed by atoms with Crippen molar-refractivity contribution < 1.29 is 60.3 Å². The predicted octanol–water partition coefficient (Wildman–Crippen LogP) is 0.572. The maximum atomic E-state index is 13.6. The number of nitriles is 1. The topological polar surface area (TPSA) is 148 Å². The first-order valence-corrected chi connectivity index (χ1v) is 12.3. The first kappa shape index (κ1) is 32.1. The predicted molar refractivity (Wildman–Crippen MR) is 138 cm³/mol. The first-order valence-electron chi connectivity index (χ1n) is 12.3. The summed E-state index contributed by atoms with van der Waals surface area (Å²) in [4.78, 5) is 24.1. The third-order valence-electron chi connectivity index (χ3n) is 6.09. The SMILES string of the molecule is CC(C)c1c(C(=O)NCc2ccc(C#N)cc2)nn(-c2ccc(F)cc2)c1CC[C@@H](O)C[C@@H](O)CC(=O)O.[H-].[Na+]. The van der Waals surface area contributed by atoms with Crippen LogP contribution in [0.25, 0.3) is 5.69 Å². The van der Waals surface area contributed by atoms with Gasteiger partial charge in [-0.1, -0.05) is 26.0 Å². The maximum Gasteiger partial charge on any atom is 1.00 e. The van der Waals surface area contributed by atoms with Gasteiger partial charge in [-0.15, -0.1) is 0 Å². The van der Waals surface area contributed by atoms with Gasteiger partial charge in [0, 0.05) is 17.8 Å². The number of halogens is 1. The summed E-state index contributed by atoms with van der Waals surface area (Å²) >= 11 is 0. The molecule has 0 saturated carbocycles. The molecule has 3 rings (SSSR count). The third kappa shape index (κ3) is 8.98. The van der Waals surface area contributed by atoms with Crippen molar-refractivity contribution in [2.75, 3.05) is 0 Å². The van der Waals surface area contributed by atoms with Gasteiger partial charge in [-0.3, -0.25) is 9.59 Å². The number of carbonyl (C=O) groups is 2. The summed E-state index contributed by atoms with van der Waals surface area (Å²) in [6.45, 7) is 4.06. The summed E-state index contributed by atoms with van der Waals surface area (Å²) in [5, 5.41) is 45.6. The Balaban J connectivity index is 0.00000400. The summed E-state index contributed by atoms with van der Waals surface area (Å²) < 4.78 is 15.2. The van der Waals surface area contributed by atoms with Crippen LogP contribution in [-0.2, 0) is 17.8 Å². The zero-order chi connectivity index (χ0) is 27.8. The molecule has 0 bridgehead atoms. The van der Waals surface area contributed by atoms with E-state index in [2.05, 4.69) is 10.4 Å². The van der Waals surface area contributed by atoms with Crippen molar-refractivity contribution in [2.24, 2.45) is 0 Å². The molecule has 0 aliphatic carbocycles. The molecular formula is C28H32FN4NaO5. The monoisotopic (exact) mass is 546 g/mol. The van der Waals surface area contributed by atoms with E-state index in [0.717, 1.165) is 5.56 Å². The zero-order valence-electron chi connectivity index (χ0n) is 23.3. The van der Waals surface area contributed by atoms with Gasteiger partial charge in [-0.2, -0.15) is 10.4 Å². The van der Waals surface area contributed by atoms with Crippen molar-refractivity contribution in [3.8, 4) is 11.8 Å². The quantitative estimate of drug-likeness (QED) is 0.243. The average molecular weight is 547 g/mol. The average Bonchev–Trinajstić information content (AvgIpc) is 3.26. The van der Waals surface area contributed by atoms with Crippen LogP contribution in [0.2, 0.25) is 0 Å². The molecule has 0 spiro atoms. The van der Waals surface area contributed by atoms with Gasteiger partial charge < -0.3 is 22.1 Å². The molecule has 1 aromatic heterocycles. The largest absolute Gasteiger partial charge is 1.00 e. The molecular weight excluding hydrogens is 514 g/mol. The zero-order valence-corrected chi connectivity index (χ0v) is 24.3. The number of carbonyl (C=O) groups excluding carboxylic acids is 1. The fourth-order valence-corrected chi connectivity index (χ4v) is 4.26. The van der Waals surface area contributed by atoms with Crippen LogP contribution in [0.5, 0.6) is 0 Å². The van der Waals surface area contributed by atoms with Crippen molar-refractivity contribution >= 4 is 11.9 Å². The molecule has 0 radical (unpaired) electrons. The van der Waals surface area contributed by atoms with Gasteiger partial charge in [-0.25, -0.2) is 9.07 Å². The molecule has 3 aromatic rings. The van der Waals surface area contributed by atoms with Crippen LogP contribution in [0.1, 0.15) is 73.3 Å². The van der Waals surface area contributed by atoms with Crippen molar-refractivity contribution in [2.45, 2.75) is 64.2 Å². The normalized spacial score (nSPS) is 12.3. The van der Waals surface area contributed by atoms with Gasteiger partial charge >= 0.3 is 35.5 Å². The molecule has 39 heavy (non-hydrogen) atoms. The summed E-state index contributed by atoms with van der Waals surface area (Å²) in [6.07, 6.45) is -2.26. The van der Waals surface area contributed by atoms with Gasteiger partial charge in [0.05, 0.1) is 35.9 Å². The molecule has 0 unspecified atom stereocenters. The number of aliphatic carboxylic acids is 1. The molecule has 0 aliphatic rings. The number of aliphatic hydroxyl groups excluding tert-OH is 2. The number of nitrogens with zero attached hydrogens (tertiary/aromatic N) is 3. The van der Waals surface area contributed by atoms with E-state index in [9.17, 15) is 24.2 Å². The summed E-state index contributed by atoms with van der Waals surface area (Å²) in [7, 11) is 0. The van der Waals surface area contributed by atoms with Crippen LogP contribution in [0.3, 0.4) is 0 Å². The van der Waals surface area contributed by atoms with E-state index in [0.29, 0.717) is 22.5 Å². The van der Waals surface area contributed by atoms with E-state index in [1.165, 1.54) is 12.1 Å². The number of rotatable bonds is 12. The number of amides is 1. The van der Waals surface area contributed by atoms with Gasteiger partial charge in [-0.05, 0) is 67.1 Å². The smallest absolute Gasteiger partial charge is 1.00 e. The molecule has 2 aromatic carbocycles. The van der Waals surface area contributed by atoms with Crippen LogP contribution < -0.4 is 34.9 Å². The molecule has 1 amide bonds. The number of hydrogen-bond acceptors (Lipinski definition) is 6. The number of nitrogens with one attached hydrogen (secondary N) is 1. The second-order valence-electron chi connectivity index (χ2n) is 9.42. The van der Waals surface area contributed by atoms with Crippen LogP contribution in [0, 0.1) is 17.1 Å². The molecule has 1 heterocycles. The van der Waals surface area contributed by atoms with E-state index < -0.39 is 36.3 Å². The molecule has 0 fully saturated rings. The first-order chi connectivity index (χ1) is 18.1. The van der Waals surface area contributed by atoms with E-state index >= 15 is 0 Å². The van der Waals surface area contributed by atoms with E-state index in [1.807, 2.05) is 19.9 Å². The molecule has 0 aliphatic heterocycles. The Morgan fingerprint density at radius 1 is 1.10 bits per heavy atom. The minimum Gasteiger partial charge on any atom is -1.00 e. The Kier molecular flexibility index (Phi) is 12.3. The maximum absolute atomic E-state index is 13.6. The second kappa shape index (κ2) is 14.9. The minimum atomic E-state index is -1.18. The van der Waals surface area contributed by atoms with Crippen LogP contribution in [0.15, 0.2) is 48.5 Å². The molecule has 4 N–H and O–H groups in total. The number of aromatic nitrogens is 2. The minimum absolute atomic E-state index is 0. The van der Waals surface area contributed by atoms with Gasteiger partial charge in [0.15, 0.2) is 5.69 Å². The summed E-state index contributed by atoms with van der Waals surface area (Å²) in [6, 6.07) is 14.6. The van der Waals surface area contributed by atoms with Crippen molar-refractivity contribution in [1.82, 2.24) is 15.1 Å². The number of aliphatic hydroxyl groups is 2. The van der Waals surface area contributed by atoms with E-state index in [1.54, 1.807) is 41.1 Å².